The van der Waals surface area contributed by atoms with Crippen molar-refractivity contribution in [2.24, 2.45) is 17.3 Å². The van der Waals surface area contributed by atoms with Crippen LogP contribution in [0.15, 0.2) is 0 Å². The first-order valence-corrected chi connectivity index (χ1v) is 3.37. The van der Waals surface area contributed by atoms with Crippen LogP contribution in [0.25, 0.3) is 0 Å². The van der Waals surface area contributed by atoms with Crippen molar-refractivity contribution in [1.82, 2.24) is 0 Å². The summed E-state index contributed by atoms with van der Waals surface area (Å²) in [6.45, 7) is 11.0. The van der Waals surface area contributed by atoms with Crippen LogP contribution in [0.4, 0.5) is 0 Å². The topological polar surface area (TPSA) is 0 Å². The van der Waals surface area contributed by atoms with Crippen molar-refractivity contribution in [3.63, 3.8) is 0 Å². The van der Waals surface area contributed by atoms with E-state index >= 15 is 0 Å². The molecule has 0 aromatic rings. The number of rotatable bonds is 0. The molecular weight excluding hydrogens is 96.1 g/mol. The summed E-state index contributed by atoms with van der Waals surface area (Å²) >= 11 is 0. The van der Waals surface area contributed by atoms with Crippen LogP contribution in [0.3, 0.4) is 0 Å². The normalized spacial score (nSPS) is 43.5. The van der Waals surface area contributed by atoms with Gasteiger partial charge in [0.1, 0.15) is 0 Å². The molecule has 0 heteroatoms. The van der Waals surface area contributed by atoms with E-state index in [1.807, 2.05) is 0 Å². The lowest BCUT2D eigenvalue weighted by Crippen LogP contribution is -2.40. The molecule has 0 nitrogen and oxygen atoms in total. The molecule has 0 radical (unpaired) electrons. The Balaban J connectivity index is 2.47. The standard InChI is InChI=1S/C8H15/c1-6-5-8(3,4)7(6)2/h6-7H,2,5H2,1,3-4H3/q-1. The molecule has 0 N–H and O–H groups in total. The van der Waals surface area contributed by atoms with Gasteiger partial charge in [-0.05, 0) is 6.42 Å². The Labute approximate surface area is 52.3 Å². The number of hydrogen-bond acceptors (Lipinski definition) is 0. The largest absolute Gasteiger partial charge is 0.340 e. The van der Waals surface area contributed by atoms with Crippen molar-refractivity contribution in [1.29, 1.82) is 0 Å². The van der Waals surface area contributed by atoms with Gasteiger partial charge in [0.05, 0.1) is 0 Å². The second-order valence-corrected chi connectivity index (χ2v) is 3.78. The summed E-state index contributed by atoms with van der Waals surface area (Å²) in [6.07, 6.45) is 1.36. The fraction of sp³-hybridized carbons (Fsp3) is 0.875. The van der Waals surface area contributed by atoms with Crippen molar-refractivity contribution >= 4 is 0 Å². The molecule has 0 amide bonds. The molecule has 1 fully saturated rings. The third-order valence-electron chi connectivity index (χ3n) is 2.54. The average molecular weight is 111 g/mol. The Hall–Kier alpha value is 0. The van der Waals surface area contributed by atoms with Gasteiger partial charge in [0, 0.05) is 0 Å². The minimum atomic E-state index is 0.541. The highest BCUT2D eigenvalue weighted by Gasteiger charge is 2.35. The SMILES string of the molecule is [CH2-]C1C(C)CC1(C)C. The smallest absolute Gasteiger partial charge is 0.0499 e. The zero-order chi connectivity index (χ0) is 6.36. The van der Waals surface area contributed by atoms with E-state index in [2.05, 4.69) is 27.7 Å². The molecule has 0 aromatic heterocycles. The Bertz CT molecular complexity index is 92.2. The van der Waals surface area contributed by atoms with E-state index in [0.29, 0.717) is 11.3 Å². The Morgan fingerprint density at radius 1 is 1.50 bits per heavy atom. The first kappa shape index (κ1) is 6.12. The predicted molar refractivity (Wildman–Crippen MR) is 36.4 cm³/mol. The predicted octanol–water partition coefficient (Wildman–Crippen LogP) is 2.50. The monoisotopic (exact) mass is 111 g/mol. The molecule has 1 saturated carbocycles. The third-order valence-corrected chi connectivity index (χ3v) is 2.54. The quantitative estimate of drug-likeness (QED) is 0.421. The Morgan fingerprint density at radius 2 is 2.00 bits per heavy atom. The van der Waals surface area contributed by atoms with E-state index in [0.717, 1.165) is 5.92 Å². The van der Waals surface area contributed by atoms with Crippen molar-refractivity contribution in [2.45, 2.75) is 27.2 Å². The van der Waals surface area contributed by atoms with E-state index in [4.69, 9.17) is 0 Å². The van der Waals surface area contributed by atoms with Crippen LogP contribution in [-0.4, -0.2) is 0 Å². The maximum Gasteiger partial charge on any atom is -0.0499 e. The van der Waals surface area contributed by atoms with E-state index in [-0.39, 0.29) is 0 Å². The van der Waals surface area contributed by atoms with Crippen LogP contribution in [0.2, 0.25) is 0 Å². The first-order valence-electron chi connectivity index (χ1n) is 3.37. The fourth-order valence-electron chi connectivity index (χ4n) is 1.73. The van der Waals surface area contributed by atoms with Crippen LogP contribution < -0.4 is 0 Å². The lowest BCUT2D eigenvalue weighted by molar-refractivity contribution is 0.0357. The minimum Gasteiger partial charge on any atom is -0.340 e. The van der Waals surface area contributed by atoms with E-state index in [1.54, 1.807) is 0 Å². The van der Waals surface area contributed by atoms with Gasteiger partial charge in [-0.3, -0.25) is 0 Å². The molecule has 0 aromatic carbocycles. The molecule has 0 aliphatic heterocycles. The zero-order valence-electron chi connectivity index (χ0n) is 6.07. The summed E-state index contributed by atoms with van der Waals surface area (Å²) in [5, 5.41) is 0. The van der Waals surface area contributed by atoms with Crippen molar-refractivity contribution < 1.29 is 0 Å². The molecule has 1 aliphatic carbocycles. The lowest BCUT2D eigenvalue weighted by Gasteiger charge is -2.54. The summed E-state index contributed by atoms with van der Waals surface area (Å²) in [7, 11) is 0. The summed E-state index contributed by atoms with van der Waals surface area (Å²) in [6, 6.07) is 0. The fourth-order valence-corrected chi connectivity index (χ4v) is 1.73. The van der Waals surface area contributed by atoms with Gasteiger partial charge in [-0.1, -0.05) is 32.1 Å². The molecule has 2 atom stereocenters. The van der Waals surface area contributed by atoms with Crippen LogP contribution >= 0.6 is 0 Å². The summed E-state index contributed by atoms with van der Waals surface area (Å²) in [4.78, 5) is 0. The highest BCUT2D eigenvalue weighted by Crippen LogP contribution is 2.49. The van der Waals surface area contributed by atoms with Crippen molar-refractivity contribution in [2.75, 3.05) is 0 Å². The third kappa shape index (κ3) is 0.667. The van der Waals surface area contributed by atoms with Gasteiger partial charge in [0.25, 0.3) is 0 Å². The van der Waals surface area contributed by atoms with Crippen molar-refractivity contribution in [3.05, 3.63) is 6.92 Å². The van der Waals surface area contributed by atoms with E-state index < -0.39 is 0 Å². The molecule has 0 spiro atoms. The molecule has 1 aliphatic rings. The molecule has 1 rings (SSSR count). The maximum atomic E-state index is 4.08. The summed E-state index contributed by atoms with van der Waals surface area (Å²) < 4.78 is 0. The zero-order valence-corrected chi connectivity index (χ0v) is 6.07. The van der Waals surface area contributed by atoms with Gasteiger partial charge in [-0.2, -0.15) is 5.92 Å². The van der Waals surface area contributed by atoms with Gasteiger partial charge in [0.2, 0.25) is 0 Å². The van der Waals surface area contributed by atoms with E-state index in [1.165, 1.54) is 6.42 Å². The second kappa shape index (κ2) is 1.49. The molecule has 0 saturated heterocycles. The van der Waals surface area contributed by atoms with Gasteiger partial charge in [-0.25, -0.2) is 0 Å². The van der Waals surface area contributed by atoms with Crippen LogP contribution in [0, 0.1) is 24.2 Å². The van der Waals surface area contributed by atoms with E-state index in [9.17, 15) is 0 Å². The van der Waals surface area contributed by atoms with Crippen molar-refractivity contribution in [3.8, 4) is 0 Å². The molecule has 2 unspecified atom stereocenters. The van der Waals surface area contributed by atoms with Gasteiger partial charge < -0.3 is 6.92 Å². The van der Waals surface area contributed by atoms with Gasteiger partial charge in [0.15, 0.2) is 0 Å². The molecule has 8 heavy (non-hydrogen) atoms. The average Bonchev–Trinajstić information content (AvgIpc) is 1.65. The lowest BCUT2D eigenvalue weighted by atomic mass is 9.57. The van der Waals surface area contributed by atoms with Crippen LogP contribution in [-0.2, 0) is 0 Å². The Morgan fingerprint density at radius 3 is 2.00 bits per heavy atom. The molecular formula is C8H15-. The summed E-state index contributed by atoms with van der Waals surface area (Å²) in [5.41, 5.74) is 0.541. The molecule has 0 heterocycles. The highest BCUT2D eigenvalue weighted by atomic mass is 14.5. The molecule has 0 bridgehead atoms. The maximum absolute atomic E-state index is 4.08. The number of hydrogen-bond donors (Lipinski definition) is 0. The van der Waals surface area contributed by atoms with Gasteiger partial charge >= 0.3 is 0 Å². The Kier molecular flexibility index (Phi) is 1.14. The second-order valence-electron chi connectivity index (χ2n) is 3.78. The first-order chi connectivity index (χ1) is 3.54. The minimum absolute atomic E-state index is 0.541. The molecule has 48 valence electrons. The van der Waals surface area contributed by atoms with Crippen LogP contribution in [0.1, 0.15) is 27.2 Å². The van der Waals surface area contributed by atoms with Gasteiger partial charge in [-0.15, -0.1) is 0 Å². The highest BCUT2D eigenvalue weighted by molar-refractivity contribution is 4.94. The van der Waals surface area contributed by atoms with Crippen LogP contribution in [0.5, 0.6) is 0 Å². The summed E-state index contributed by atoms with van der Waals surface area (Å²) in [5.74, 6) is 1.56.